The zero-order chi connectivity index (χ0) is 21.3. The summed E-state index contributed by atoms with van der Waals surface area (Å²) in [5.74, 6) is -0.142. The second-order valence-corrected chi connectivity index (χ2v) is 6.93. The number of ether oxygens (including phenoxy) is 1. The van der Waals surface area contributed by atoms with Gasteiger partial charge in [-0.15, -0.1) is 11.3 Å². The highest BCUT2D eigenvalue weighted by Crippen LogP contribution is 2.19. The third-order valence-electron chi connectivity index (χ3n) is 3.74. The number of nitrogens with zero attached hydrogens (tertiary/aromatic N) is 1. The van der Waals surface area contributed by atoms with E-state index in [4.69, 9.17) is 9.15 Å². The van der Waals surface area contributed by atoms with Crippen molar-refractivity contribution in [3.63, 3.8) is 0 Å². The Bertz CT molecular complexity index is 999. The number of nitrogens with one attached hydrogen (secondary N) is 3. The Morgan fingerprint density at radius 2 is 1.90 bits per heavy atom. The molecule has 156 valence electrons. The van der Waals surface area contributed by atoms with Gasteiger partial charge in [-0.3, -0.25) is 19.7 Å². The molecule has 0 atom stereocenters. The number of benzene rings is 1. The molecule has 3 amide bonds. The molecular weight excluding hydrogens is 408 g/mol. The van der Waals surface area contributed by atoms with Crippen molar-refractivity contribution in [3.8, 4) is 5.75 Å². The molecule has 0 spiro atoms. The Morgan fingerprint density at radius 1 is 1.10 bits per heavy atom. The standard InChI is InChI=1S/C20H20N4O5S/c1-2-21-18(26)11-29-15-7-5-13(6-8-15)22-17(25)10-14-12-30-20(23-14)24-19(27)16-4-3-9-28-16/h3-9,12H,2,10-11H2,1H3,(H,21,26)(H,22,25)(H,23,24,27). The Morgan fingerprint density at radius 3 is 2.60 bits per heavy atom. The molecule has 0 unspecified atom stereocenters. The number of hydrogen-bond acceptors (Lipinski definition) is 7. The second kappa shape index (κ2) is 10.2. The molecule has 0 radical (unpaired) electrons. The lowest BCUT2D eigenvalue weighted by molar-refractivity contribution is -0.123. The number of thiazole rings is 1. The van der Waals surface area contributed by atoms with Crippen LogP contribution < -0.4 is 20.7 Å². The Labute approximate surface area is 176 Å². The fourth-order valence-corrected chi connectivity index (χ4v) is 3.12. The average Bonchev–Trinajstić information content (AvgIpc) is 3.40. The molecular formula is C20H20N4O5S. The van der Waals surface area contributed by atoms with E-state index >= 15 is 0 Å². The van der Waals surface area contributed by atoms with E-state index in [1.54, 1.807) is 41.8 Å². The van der Waals surface area contributed by atoms with Gasteiger partial charge in [-0.25, -0.2) is 4.98 Å². The first kappa shape index (κ1) is 21.1. The highest BCUT2D eigenvalue weighted by atomic mass is 32.1. The molecule has 0 saturated heterocycles. The number of hydrogen-bond donors (Lipinski definition) is 3. The van der Waals surface area contributed by atoms with Crippen molar-refractivity contribution in [2.45, 2.75) is 13.3 Å². The molecule has 0 bridgehead atoms. The molecule has 0 aliphatic heterocycles. The molecule has 0 fully saturated rings. The van der Waals surface area contributed by atoms with E-state index in [1.807, 2.05) is 6.92 Å². The van der Waals surface area contributed by atoms with Crippen molar-refractivity contribution in [2.24, 2.45) is 0 Å². The minimum atomic E-state index is -0.403. The van der Waals surface area contributed by atoms with Gasteiger partial charge in [-0.1, -0.05) is 0 Å². The zero-order valence-electron chi connectivity index (χ0n) is 16.1. The highest BCUT2D eigenvalue weighted by molar-refractivity contribution is 7.14. The number of rotatable bonds is 9. The van der Waals surface area contributed by atoms with Crippen molar-refractivity contribution in [1.82, 2.24) is 10.3 Å². The van der Waals surface area contributed by atoms with Gasteiger partial charge < -0.3 is 19.8 Å². The summed E-state index contributed by atoms with van der Waals surface area (Å²) in [6, 6.07) is 9.86. The van der Waals surface area contributed by atoms with E-state index in [9.17, 15) is 14.4 Å². The molecule has 9 nitrogen and oxygen atoms in total. The van der Waals surface area contributed by atoms with Crippen LogP contribution in [-0.2, 0) is 16.0 Å². The first-order chi connectivity index (χ1) is 14.5. The van der Waals surface area contributed by atoms with Gasteiger partial charge in [-0.05, 0) is 43.3 Å². The first-order valence-electron chi connectivity index (χ1n) is 9.12. The Kier molecular flexibility index (Phi) is 7.17. The summed E-state index contributed by atoms with van der Waals surface area (Å²) in [5.41, 5.74) is 1.13. The molecule has 2 heterocycles. The molecule has 10 heteroatoms. The maximum atomic E-state index is 12.2. The Balaban J connectivity index is 1.47. The van der Waals surface area contributed by atoms with E-state index in [0.717, 1.165) is 0 Å². The van der Waals surface area contributed by atoms with E-state index in [-0.39, 0.29) is 30.6 Å². The Hall–Kier alpha value is -3.66. The van der Waals surface area contributed by atoms with Crippen LogP contribution >= 0.6 is 11.3 Å². The minimum Gasteiger partial charge on any atom is -0.484 e. The van der Waals surface area contributed by atoms with Gasteiger partial charge >= 0.3 is 0 Å². The molecule has 0 saturated carbocycles. The normalized spacial score (nSPS) is 10.3. The topological polar surface area (TPSA) is 123 Å². The van der Waals surface area contributed by atoms with Crippen LogP contribution in [0.2, 0.25) is 0 Å². The van der Waals surface area contributed by atoms with Crippen LogP contribution in [0.1, 0.15) is 23.2 Å². The largest absolute Gasteiger partial charge is 0.484 e. The number of likely N-dealkylation sites (N-methyl/N-ethyl adjacent to an activating group) is 1. The molecule has 3 aromatic rings. The van der Waals surface area contributed by atoms with Gasteiger partial charge in [0.2, 0.25) is 5.91 Å². The summed E-state index contributed by atoms with van der Waals surface area (Å²) >= 11 is 1.22. The molecule has 3 N–H and O–H groups in total. The van der Waals surface area contributed by atoms with Crippen LogP contribution in [0, 0.1) is 0 Å². The van der Waals surface area contributed by atoms with Gasteiger partial charge in [0.25, 0.3) is 11.8 Å². The van der Waals surface area contributed by atoms with E-state index in [2.05, 4.69) is 20.9 Å². The van der Waals surface area contributed by atoms with Gasteiger partial charge in [-0.2, -0.15) is 0 Å². The van der Waals surface area contributed by atoms with E-state index in [0.29, 0.717) is 28.8 Å². The fourth-order valence-electron chi connectivity index (χ4n) is 2.41. The number of furan rings is 1. The maximum Gasteiger partial charge on any atom is 0.293 e. The average molecular weight is 428 g/mol. The predicted molar refractivity (Wildman–Crippen MR) is 112 cm³/mol. The lowest BCUT2D eigenvalue weighted by atomic mass is 10.2. The smallest absolute Gasteiger partial charge is 0.293 e. The van der Waals surface area contributed by atoms with E-state index in [1.165, 1.54) is 17.6 Å². The van der Waals surface area contributed by atoms with Crippen LogP contribution in [0.25, 0.3) is 0 Å². The molecule has 0 aliphatic rings. The van der Waals surface area contributed by atoms with Crippen LogP contribution in [0.3, 0.4) is 0 Å². The lowest BCUT2D eigenvalue weighted by Crippen LogP contribution is -2.28. The number of anilines is 2. The van der Waals surface area contributed by atoms with E-state index < -0.39 is 5.91 Å². The van der Waals surface area contributed by atoms with Crippen molar-refractivity contribution in [3.05, 3.63) is 59.5 Å². The number of carbonyl (C=O) groups excluding carboxylic acids is 3. The second-order valence-electron chi connectivity index (χ2n) is 6.07. The quantitative estimate of drug-likeness (QED) is 0.482. The molecule has 30 heavy (non-hydrogen) atoms. The summed E-state index contributed by atoms with van der Waals surface area (Å²) in [5, 5.41) is 10.1. The number of carbonyl (C=O) groups is 3. The number of amides is 3. The molecule has 3 rings (SSSR count). The van der Waals surface area contributed by atoms with Crippen molar-refractivity contribution in [1.29, 1.82) is 0 Å². The first-order valence-corrected chi connectivity index (χ1v) is 10.00. The van der Waals surface area contributed by atoms with Gasteiger partial charge in [0.15, 0.2) is 17.5 Å². The van der Waals surface area contributed by atoms with Gasteiger partial charge in [0, 0.05) is 17.6 Å². The third-order valence-corrected chi connectivity index (χ3v) is 4.55. The van der Waals surface area contributed by atoms with Gasteiger partial charge in [0.1, 0.15) is 5.75 Å². The molecule has 2 aromatic heterocycles. The predicted octanol–water partition coefficient (Wildman–Crippen LogP) is 2.68. The van der Waals surface area contributed by atoms with Crippen molar-refractivity contribution < 1.29 is 23.5 Å². The monoisotopic (exact) mass is 428 g/mol. The minimum absolute atomic E-state index is 0.0581. The molecule has 1 aromatic carbocycles. The summed E-state index contributed by atoms with van der Waals surface area (Å²) in [6.07, 6.45) is 1.47. The lowest BCUT2D eigenvalue weighted by Gasteiger charge is -2.08. The SMILES string of the molecule is CCNC(=O)COc1ccc(NC(=O)Cc2csc(NC(=O)c3ccco3)n2)cc1. The zero-order valence-corrected chi connectivity index (χ0v) is 17.0. The summed E-state index contributed by atoms with van der Waals surface area (Å²) < 4.78 is 10.4. The fraction of sp³-hybridized carbons (Fsp3) is 0.200. The van der Waals surface area contributed by atoms with Crippen molar-refractivity contribution >= 4 is 39.9 Å². The third kappa shape index (κ3) is 6.17. The van der Waals surface area contributed by atoms with Crippen LogP contribution in [0.4, 0.5) is 10.8 Å². The summed E-state index contributed by atoms with van der Waals surface area (Å²) in [4.78, 5) is 39.8. The summed E-state index contributed by atoms with van der Waals surface area (Å²) in [7, 11) is 0. The number of aromatic nitrogens is 1. The highest BCUT2D eigenvalue weighted by Gasteiger charge is 2.13. The van der Waals surface area contributed by atoms with Crippen LogP contribution in [0.15, 0.2) is 52.5 Å². The van der Waals surface area contributed by atoms with Crippen molar-refractivity contribution in [2.75, 3.05) is 23.8 Å². The van der Waals surface area contributed by atoms with Crippen LogP contribution in [-0.4, -0.2) is 35.9 Å². The van der Waals surface area contributed by atoms with Gasteiger partial charge in [0.05, 0.1) is 18.4 Å². The van der Waals surface area contributed by atoms with Crippen LogP contribution in [0.5, 0.6) is 5.75 Å². The maximum absolute atomic E-state index is 12.2. The molecule has 0 aliphatic carbocycles. The summed E-state index contributed by atoms with van der Waals surface area (Å²) in [6.45, 7) is 2.31.